The Morgan fingerprint density at radius 1 is 1.58 bits per heavy atom. The SMILES string of the molecule is Nc1c(Cl)ncc(I)c1C(F)F. The maximum absolute atomic E-state index is 12.3. The number of anilines is 1. The molecule has 0 radical (unpaired) electrons. The molecule has 2 nitrogen and oxygen atoms in total. The number of halogens is 4. The van der Waals surface area contributed by atoms with Crippen molar-refractivity contribution in [2.75, 3.05) is 5.73 Å². The van der Waals surface area contributed by atoms with E-state index in [9.17, 15) is 8.78 Å². The fourth-order valence-electron chi connectivity index (χ4n) is 0.714. The van der Waals surface area contributed by atoms with Gasteiger partial charge in [0.25, 0.3) is 6.43 Å². The van der Waals surface area contributed by atoms with E-state index in [0.717, 1.165) is 0 Å². The molecule has 0 atom stereocenters. The van der Waals surface area contributed by atoms with Crippen molar-refractivity contribution in [3.8, 4) is 0 Å². The Balaban J connectivity index is 3.33. The fraction of sp³-hybridized carbons (Fsp3) is 0.167. The van der Waals surface area contributed by atoms with Crippen LogP contribution >= 0.6 is 34.2 Å². The van der Waals surface area contributed by atoms with Crippen LogP contribution in [-0.2, 0) is 0 Å². The van der Waals surface area contributed by atoms with Crippen LogP contribution in [0.5, 0.6) is 0 Å². The van der Waals surface area contributed by atoms with E-state index in [-0.39, 0.29) is 16.4 Å². The third-order valence-corrected chi connectivity index (χ3v) is 2.44. The second-order valence-corrected chi connectivity index (χ2v) is 3.55. The third-order valence-electron chi connectivity index (χ3n) is 1.28. The van der Waals surface area contributed by atoms with Crippen LogP contribution in [0.15, 0.2) is 6.20 Å². The molecule has 0 unspecified atom stereocenters. The van der Waals surface area contributed by atoms with Gasteiger partial charge in [0.1, 0.15) is 0 Å². The standard InChI is InChI=1S/C6H4ClF2IN2/c7-5-4(11)3(6(8)9)2(10)1-12-5/h1,6H,11H2. The molecule has 0 saturated heterocycles. The van der Waals surface area contributed by atoms with E-state index in [4.69, 9.17) is 17.3 Å². The Morgan fingerprint density at radius 2 is 2.17 bits per heavy atom. The summed E-state index contributed by atoms with van der Waals surface area (Å²) < 4.78 is 24.9. The lowest BCUT2D eigenvalue weighted by atomic mass is 10.2. The van der Waals surface area contributed by atoms with E-state index in [2.05, 4.69) is 4.98 Å². The number of nitrogen functional groups attached to an aromatic ring is 1. The van der Waals surface area contributed by atoms with Crippen molar-refractivity contribution in [3.05, 3.63) is 20.5 Å². The minimum atomic E-state index is -2.61. The lowest BCUT2D eigenvalue weighted by Gasteiger charge is -2.07. The molecule has 0 aliphatic carbocycles. The van der Waals surface area contributed by atoms with Gasteiger partial charge in [0.15, 0.2) is 5.15 Å². The molecule has 0 aliphatic rings. The summed E-state index contributed by atoms with van der Waals surface area (Å²) in [5.74, 6) is 0. The lowest BCUT2D eigenvalue weighted by molar-refractivity contribution is 0.151. The predicted octanol–water partition coefficient (Wildman–Crippen LogP) is 2.86. The number of hydrogen-bond acceptors (Lipinski definition) is 2. The third kappa shape index (κ3) is 1.77. The molecule has 1 rings (SSSR count). The minimum absolute atomic E-state index is 0.0780. The highest BCUT2D eigenvalue weighted by Gasteiger charge is 2.17. The first kappa shape index (κ1) is 9.91. The summed E-state index contributed by atoms with van der Waals surface area (Å²) in [6.45, 7) is 0. The molecule has 1 aromatic rings. The van der Waals surface area contributed by atoms with Crippen molar-refractivity contribution in [1.29, 1.82) is 0 Å². The first-order valence-corrected chi connectivity index (χ1v) is 4.37. The van der Waals surface area contributed by atoms with Gasteiger partial charge in [0, 0.05) is 9.77 Å². The number of rotatable bonds is 1. The zero-order valence-corrected chi connectivity index (χ0v) is 8.60. The number of aromatic nitrogens is 1. The molecule has 0 fully saturated rings. The summed E-state index contributed by atoms with van der Waals surface area (Å²) in [5, 5.41) is -0.0780. The molecule has 0 aliphatic heterocycles. The molecule has 0 spiro atoms. The molecule has 12 heavy (non-hydrogen) atoms. The minimum Gasteiger partial charge on any atom is -0.396 e. The number of hydrogen-bond donors (Lipinski definition) is 1. The second-order valence-electron chi connectivity index (χ2n) is 2.02. The largest absolute Gasteiger partial charge is 0.396 e. The van der Waals surface area contributed by atoms with Crippen LogP contribution in [0.2, 0.25) is 5.15 Å². The van der Waals surface area contributed by atoms with Gasteiger partial charge >= 0.3 is 0 Å². The normalized spacial score (nSPS) is 10.8. The number of pyridine rings is 1. The van der Waals surface area contributed by atoms with Crippen LogP contribution in [0.25, 0.3) is 0 Å². The highest BCUT2D eigenvalue weighted by atomic mass is 127. The number of nitrogens with two attached hydrogens (primary N) is 1. The van der Waals surface area contributed by atoms with Crippen molar-refractivity contribution < 1.29 is 8.78 Å². The Morgan fingerprint density at radius 3 is 2.58 bits per heavy atom. The highest BCUT2D eigenvalue weighted by molar-refractivity contribution is 14.1. The van der Waals surface area contributed by atoms with E-state index in [0.29, 0.717) is 3.57 Å². The zero-order chi connectivity index (χ0) is 9.30. The first-order chi connectivity index (χ1) is 5.54. The number of alkyl halides is 2. The molecule has 0 saturated carbocycles. The van der Waals surface area contributed by atoms with Gasteiger partial charge in [0.2, 0.25) is 0 Å². The summed E-state index contributed by atoms with van der Waals surface area (Å²) >= 11 is 7.19. The maximum atomic E-state index is 12.3. The van der Waals surface area contributed by atoms with E-state index in [1.807, 2.05) is 0 Å². The smallest absolute Gasteiger partial charge is 0.267 e. The second kappa shape index (κ2) is 3.69. The van der Waals surface area contributed by atoms with Crippen LogP contribution in [-0.4, -0.2) is 4.98 Å². The molecular formula is C6H4ClF2IN2. The Hall–Kier alpha value is -0.170. The summed E-state index contributed by atoms with van der Waals surface area (Å²) in [6, 6.07) is 0. The molecule has 1 heterocycles. The molecule has 0 aromatic carbocycles. The van der Waals surface area contributed by atoms with E-state index in [1.54, 1.807) is 22.6 Å². The topological polar surface area (TPSA) is 38.9 Å². The Kier molecular flexibility index (Phi) is 3.05. The van der Waals surface area contributed by atoms with E-state index >= 15 is 0 Å². The molecule has 0 bridgehead atoms. The summed E-state index contributed by atoms with van der Waals surface area (Å²) in [5.41, 5.74) is 4.92. The number of nitrogens with zero attached hydrogens (tertiary/aromatic N) is 1. The van der Waals surface area contributed by atoms with Crippen LogP contribution in [0.4, 0.5) is 14.5 Å². The van der Waals surface area contributed by atoms with Crippen LogP contribution in [0.1, 0.15) is 12.0 Å². The van der Waals surface area contributed by atoms with Gasteiger partial charge in [-0.25, -0.2) is 13.8 Å². The monoisotopic (exact) mass is 304 g/mol. The molecule has 66 valence electrons. The summed E-state index contributed by atoms with van der Waals surface area (Å²) in [6.07, 6.45) is -1.35. The van der Waals surface area contributed by atoms with Crippen molar-refractivity contribution in [3.63, 3.8) is 0 Å². The van der Waals surface area contributed by atoms with Crippen molar-refractivity contribution in [2.45, 2.75) is 6.43 Å². The fourth-order valence-corrected chi connectivity index (χ4v) is 1.53. The molecule has 0 amide bonds. The summed E-state index contributed by atoms with van der Waals surface area (Å²) in [4.78, 5) is 3.62. The van der Waals surface area contributed by atoms with Crippen molar-refractivity contribution in [2.24, 2.45) is 0 Å². The van der Waals surface area contributed by atoms with Gasteiger partial charge < -0.3 is 5.73 Å². The predicted molar refractivity (Wildman–Crippen MR) is 51.3 cm³/mol. The molecule has 2 N–H and O–H groups in total. The van der Waals surface area contributed by atoms with Crippen LogP contribution in [0, 0.1) is 3.57 Å². The van der Waals surface area contributed by atoms with Gasteiger partial charge in [-0.05, 0) is 22.6 Å². The van der Waals surface area contributed by atoms with Gasteiger partial charge in [-0.3, -0.25) is 0 Å². The lowest BCUT2D eigenvalue weighted by Crippen LogP contribution is -2.00. The van der Waals surface area contributed by atoms with Crippen LogP contribution in [0.3, 0.4) is 0 Å². The van der Waals surface area contributed by atoms with Crippen molar-refractivity contribution in [1.82, 2.24) is 4.98 Å². The Bertz CT molecular complexity index is 306. The average Bonchev–Trinajstić information content (AvgIpc) is 1.97. The zero-order valence-electron chi connectivity index (χ0n) is 5.69. The van der Waals surface area contributed by atoms with E-state index < -0.39 is 6.43 Å². The van der Waals surface area contributed by atoms with Crippen LogP contribution < -0.4 is 5.73 Å². The first-order valence-electron chi connectivity index (χ1n) is 2.91. The summed E-state index contributed by atoms with van der Waals surface area (Å²) in [7, 11) is 0. The van der Waals surface area contributed by atoms with Gasteiger partial charge in [-0.1, -0.05) is 11.6 Å². The van der Waals surface area contributed by atoms with Gasteiger partial charge in [-0.2, -0.15) is 0 Å². The average molecular weight is 304 g/mol. The van der Waals surface area contributed by atoms with Gasteiger partial charge in [-0.15, -0.1) is 0 Å². The molecular weight excluding hydrogens is 300 g/mol. The Labute approximate surface area is 86.3 Å². The maximum Gasteiger partial charge on any atom is 0.267 e. The molecule has 1 aromatic heterocycles. The van der Waals surface area contributed by atoms with Gasteiger partial charge in [0.05, 0.1) is 11.3 Å². The quantitative estimate of drug-likeness (QED) is 0.640. The van der Waals surface area contributed by atoms with E-state index in [1.165, 1.54) is 6.20 Å². The molecule has 6 heteroatoms. The van der Waals surface area contributed by atoms with Crippen molar-refractivity contribution >= 4 is 39.9 Å². The highest BCUT2D eigenvalue weighted by Crippen LogP contribution is 2.32.